The largest absolute Gasteiger partial charge is 0.489 e. The van der Waals surface area contributed by atoms with E-state index in [1.54, 1.807) is 23.8 Å². The van der Waals surface area contributed by atoms with Crippen LogP contribution in [0.4, 0.5) is 0 Å². The molecule has 0 radical (unpaired) electrons. The molecule has 0 aliphatic carbocycles. The summed E-state index contributed by atoms with van der Waals surface area (Å²) in [5.74, 6) is 0.426. The molecule has 1 N–H and O–H groups in total. The highest BCUT2D eigenvalue weighted by Crippen LogP contribution is 2.25. The maximum Gasteiger partial charge on any atom is 0.138 e. The summed E-state index contributed by atoms with van der Waals surface area (Å²) in [6.07, 6.45) is 5.47. The van der Waals surface area contributed by atoms with Crippen molar-refractivity contribution in [3.05, 3.63) is 63.7 Å². The predicted octanol–water partition coefficient (Wildman–Crippen LogP) is 5.56. The van der Waals surface area contributed by atoms with Gasteiger partial charge in [0.1, 0.15) is 30.1 Å². The van der Waals surface area contributed by atoms with E-state index in [1.807, 2.05) is 6.07 Å². The smallest absolute Gasteiger partial charge is 0.138 e. The zero-order valence-corrected chi connectivity index (χ0v) is 19.8. The number of aryl methyl sites for hydroxylation is 3. The molecule has 31 heavy (non-hydrogen) atoms. The van der Waals surface area contributed by atoms with Crippen LogP contribution in [0, 0.1) is 18.3 Å². The first-order chi connectivity index (χ1) is 15.0. The molecule has 3 rings (SSSR count). The fraction of sp³-hybridized carbons (Fsp3) is 0.500. The van der Waals surface area contributed by atoms with Gasteiger partial charge >= 0.3 is 0 Å². The van der Waals surface area contributed by atoms with Crippen LogP contribution in [-0.4, -0.2) is 42.4 Å². The number of benzene rings is 2. The van der Waals surface area contributed by atoms with Gasteiger partial charge in [-0.15, -0.1) is 0 Å². The number of aliphatic hydroxyl groups excluding tert-OH is 1. The molecular formula is C26H35ClN2O2. The first-order valence-electron chi connectivity index (χ1n) is 11.3. The van der Waals surface area contributed by atoms with E-state index in [4.69, 9.17) is 21.6 Å². The van der Waals surface area contributed by atoms with Gasteiger partial charge in [0.2, 0.25) is 0 Å². The highest BCUT2D eigenvalue weighted by atomic mass is 35.5. The lowest BCUT2D eigenvalue weighted by molar-refractivity contribution is 0.0757. The van der Waals surface area contributed by atoms with Gasteiger partial charge in [-0.3, -0.25) is 0 Å². The van der Waals surface area contributed by atoms with Crippen molar-refractivity contribution in [1.82, 2.24) is 4.90 Å². The SMILES string of the molecule is CCCc1cc(C)ccc1CC.N#Cc1c(Cl)cccc1OCC(O)CN1CCCC1. The molecular weight excluding hydrogens is 408 g/mol. The van der Waals surface area contributed by atoms with Crippen molar-refractivity contribution in [2.45, 2.75) is 59.0 Å². The molecule has 4 nitrogen and oxygen atoms in total. The summed E-state index contributed by atoms with van der Waals surface area (Å²) in [5, 5.41) is 19.3. The zero-order chi connectivity index (χ0) is 22.6. The minimum atomic E-state index is -0.552. The number of likely N-dealkylation sites (tertiary alicyclic amines) is 1. The molecule has 0 aromatic heterocycles. The van der Waals surface area contributed by atoms with E-state index in [9.17, 15) is 5.11 Å². The van der Waals surface area contributed by atoms with Crippen LogP contribution in [0.15, 0.2) is 36.4 Å². The second-order valence-corrected chi connectivity index (χ2v) is 8.48. The lowest BCUT2D eigenvalue weighted by Gasteiger charge is -2.19. The quantitative estimate of drug-likeness (QED) is 0.581. The van der Waals surface area contributed by atoms with E-state index >= 15 is 0 Å². The van der Waals surface area contributed by atoms with Crippen molar-refractivity contribution in [3.8, 4) is 11.8 Å². The van der Waals surface area contributed by atoms with Crippen LogP contribution in [-0.2, 0) is 12.8 Å². The molecule has 168 valence electrons. The van der Waals surface area contributed by atoms with Gasteiger partial charge in [0.15, 0.2) is 0 Å². The highest BCUT2D eigenvalue weighted by molar-refractivity contribution is 6.31. The van der Waals surface area contributed by atoms with Crippen molar-refractivity contribution in [2.24, 2.45) is 0 Å². The fourth-order valence-corrected chi connectivity index (χ4v) is 4.04. The number of hydrogen-bond acceptors (Lipinski definition) is 4. The third kappa shape index (κ3) is 8.18. The van der Waals surface area contributed by atoms with Gasteiger partial charge in [0.25, 0.3) is 0 Å². The summed E-state index contributed by atoms with van der Waals surface area (Å²) < 4.78 is 5.50. The Labute approximate surface area is 192 Å². The highest BCUT2D eigenvalue weighted by Gasteiger charge is 2.17. The molecule has 5 heteroatoms. The van der Waals surface area contributed by atoms with Crippen LogP contribution in [0.5, 0.6) is 5.75 Å². The van der Waals surface area contributed by atoms with Crippen LogP contribution in [0.2, 0.25) is 5.02 Å². The van der Waals surface area contributed by atoms with E-state index in [-0.39, 0.29) is 6.61 Å². The third-order valence-electron chi connectivity index (χ3n) is 5.45. The molecule has 2 aromatic carbocycles. The molecule has 1 aliphatic heterocycles. The molecule has 1 fully saturated rings. The van der Waals surface area contributed by atoms with Gasteiger partial charge in [-0.1, -0.05) is 61.7 Å². The number of β-amino-alcohol motifs (C(OH)–C–C–N with tert-alkyl or cyclic N) is 1. The molecule has 2 aromatic rings. The lowest BCUT2D eigenvalue weighted by atomic mass is 9.99. The summed E-state index contributed by atoms with van der Waals surface area (Å²) in [6, 6.07) is 13.9. The van der Waals surface area contributed by atoms with E-state index < -0.39 is 6.10 Å². The molecule has 1 saturated heterocycles. The Hall–Kier alpha value is -2.06. The van der Waals surface area contributed by atoms with Crippen molar-refractivity contribution < 1.29 is 9.84 Å². The molecule has 0 bridgehead atoms. The molecule has 1 aliphatic rings. The second-order valence-electron chi connectivity index (χ2n) is 8.07. The minimum absolute atomic E-state index is 0.172. The zero-order valence-electron chi connectivity index (χ0n) is 19.0. The van der Waals surface area contributed by atoms with Crippen molar-refractivity contribution in [2.75, 3.05) is 26.2 Å². The molecule has 0 spiro atoms. The summed E-state index contributed by atoms with van der Waals surface area (Å²) >= 11 is 5.91. The normalized spacial score (nSPS) is 14.5. The van der Waals surface area contributed by atoms with Gasteiger partial charge in [0.05, 0.1) is 5.02 Å². The molecule has 1 unspecified atom stereocenters. The summed E-state index contributed by atoms with van der Waals surface area (Å²) in [5.41, 5.74) is 4.76. The van der Waals surface area contributed by atoms with E-state index in [0.29, 0.717) is 22.9 Å². The Bertz CT molecular complexity index is 857. The van der Waals surface area contributed by atoms with E-state index in [1.165, 1.54) is 36.8 Å². The van der Waals surface area contributed by atoms with Crippen LogP contribution in [0.3, 0.4) is 0 Å². The Morgan fingerprint density at radius 3 is 2.55 bits per heavy atom. The third-order valence-corrected chi connectivity index (χ3v) is 5.76. The van der Waals surface area contributed by atoms with Crippen LogP contribution < -0.4 is 4.74 Å². The average molecular weight is 443 g/mol. The number of ether oxygens (including phenoxy) is 1. The number of aliphatic hydroxyl groups is 1. The van der Waals surface area contributed by atoms with Crippen LogP contribution in [0.25, 0.3) is 0 Å². The maximum absolute atomic E-state index is 9.92. The Morgan fingerprint density at radius 1 is 1.16 bits per heavy atom. The number of hydrogen-bond donors (Lipinski definition) is 1. The summed E-state index contributed by atoms with van der Waals surface area (Å²) in [4.78, 5) is 2.22. The maximum atomic E-state index is 9.92. The van der Waals surface area contributed by atoms with E-state index in [0.717, 1.165) is 19.5 Å². The Kier molecular flexibility index (Phi) is 10.9. The topological polar surface area (TPSA) is 56.5 Å². The Balaban J connectivity index is 0.000000245. The van der Waals surface area contributed by atoms with Gasteiger partial charge < -0.3 is 14.7 Å². The standard InChI is InChI=1S/C14H17ClN2O2.C12H18/c15-13-4-3-5-14(12(13)8-16)19-10-11(18)9-17-6-1-2-7-17;1-4-6-12-9-10(3)7-8-11(12)5-2/h3-5,11,18H,1-2,6-7,9-10H2;7-9H,4-6H2,1-3H3. The molecule has 0 amide bonds. The first-order valence-corrected chi connectivity index (χ1v) is 11.7. The Morgan fingerprint density at radius 2 is 1.90 bits per heavy atom. The van der Waals surface area contributed by atoms with Gasteiger partial charge in [-0.05, 0) is 69.0 Å². The van der Waals surface area contributed by atoms with Gasteiger partial charge in [-0.25, -0.2) is 0 Å². The van der Waals surface area contributed by atoms with E-state index in [2.05, 4.69) is 43.9 Å². The van der Waals surface area contributed by atoms with Crippen molar-refractivity contribution >= 4 is 11.6 Å². The van der Waals surface area contributed by atoms with Gasteiger partial charge in [0, 0.05) is 6.54 Å². The van der Waals surface area contributed by atoms with Crippen molar-refractivity contribution in [1.29, 1.82) is 5.26 Å². The minimum Gasteiger partial charge on any atom is -0.489 e. The number of nitriles is 1. The molecule has 0 saturated carbocycles. The molecule has 1 heterocycles. The predicted molar refractivity (Wildman–Crippen MR) is 128 cm³/mol. The summed E-state index contributed by atoms with van der Waals surface area (Å²) in [6.45, 7) is 9.49. The fourth-order valence-electron chi connectivity index (χ4n) is 3.84. The van der Waals surface area contributed by atoms with Gasteiger partial charge in [-0.2, -0.15) is 5.26 Å². The van der Waals surface area contributed by atoms with Crippen molar-refractivity contribution in [3.63, 3.8) is 0 Å². The summed E-state index contributed by atoms with van der Waals surface area (Å²) in [7, 11) is 0. The molecule has 1 atom stereocenters. The number of nitrogens with zero attached hydrogens (tertiary/aromatic N) is 2. The number of halogens is 1. The number of rotatable bonds is 8. The van der Waals surface area contributed by atoms with Crippen LogP contribution in [0.1, 0.15) is 55.4 Å². The van der Waals surface area contributed by atoms with Crippen LogP contribution >= 0.6 is 11.6 Å². The second kappa shape index (κ2) is 13.4. The monoisotopic (exact) mass is 442 g/mol. The lowest BCUT2D eigenvalue weighted by Crippen LogP contribution is -2.33. The first kappa shape index (κ1) is 25.2. The average Bonchev–Trinajstić information content (AvgIpc) is 3.26.